The second kappa shape index (κ2) is 7.04. The number of amides is 1. The van der Waals surface area contributed by atoms with E-state index >= 15 is 0 Å². The molecule has 0 bridgehead atoms. The smallest absolute Gasteiger partial charge is 0.255 e. The lowest BCUT2D eigenvalue weighted by Gasteiger charge is -2.10. The molecule has 0 fully saturated rings. The summed E-state index contributed by atoms with van der Waals surface area (Å²) in [5.74, 6) is 0.343. The standard InChI is InChI=1S/C18H21NO2/c1-13(2)16-5-4-6-17(11-16)19-18(20)15-9-7-14(8-10-15)12-21-3/h4-11,13H,12H2,1-3H3,(H,19,20). The van der Waals surface area contributed by atoms with Crippen LogP contribution in [0.1, 0.15) is 41.3 Å². The number of hydrogen-bond donors (Lipinski definition) is 1. The molecule has 0 heterocycles. The lowest BCUT2D eigenvalue weighted by Crippen LogP contribution is -2.12. The van der Waals surface area contributed by atoms with Crippen LogP contribution in [-0.4, -0.2) is 13.0 Å². The van der Waals surface area contributed by atoms with E-state index in [1.165, 1.54) is 5.56 Å². The molecular weight excluding hydrogens is 262 g/mol. The lowest BCUT2D eigenvalue weighted by atomic mass is 10.0. The molecule has 0 radical (unpaired) electrons. The van der Waals surface area contributed by atoms with Crippen molar-refractivity contribution < 1.29 is 9.53 Å². The van der Waals surface area contributed by atoms with Crippen molar-refractivity contribution in [2.24, 2.45) is 0 Å². The van der Waals surface area contributed by atoms with Gasteiger partial charge in [-0.1, -0.05) is 38.1 Å². The van der Waals surface area contributed by atoms with Gasteiger partial charge in [0.05, 0.1) is 6.61 Å². The highest BCUT2D eigenvalue weighted by atomic mass is 16.5. The summed E-state index contributed by atoms with van der Waals surface area (Å²) in [7, 11) is 1.66. The maximum Gasteiger partial charge on any atom is 0.255 e. The Morgan fingerprint density at radius 2 is 1.86 bits per heavy atom. The van der Waals surface area contributed by atoms with Crippen molar-refractivity contribution in [1.82, 2.24) is 0 Å². The van der Waals surface area contributed by atoms with Gasteiger partial charge in [-0.05, 0) is 41.3 Å². The summed E-state index contributed by atoms with van der Waals surface area (Å²) in [6, 6.07) is 15.4. The Hall–Kier alpha value is -2.13. The molecule has 0 aliphatic rings. The number of rotatable bonds is 5. The molecule has 0 unspecified atom stereocenters. The molecule has 0 aliphatic heterocycles. The van der Waals surface area contributed by atoms with Gasteiger partial charge in [0.15, 0.2) is 0 Å². The highest BCUT2D eigenvalue weighted by molar-refractivity contribution is 6.04. The summed E-state index contributed by atoms with van der Waals surface area (Å²) in [4.78, 5) is 12.2. The first-order valence-corrected chi connectivity index (χ1v) is 7.09. The fourth-order valence-corrected chi connectivity index (χ4v) is 2.10. The van der Waals surface area contributed by atoms with Gasteiger partial charge in [0, 0.05) is 18.4 Å². The second-order valence-corrected chi connectivity index (χ2v) is 5.36. The molecular formula is C18H21NO2. The van der Waals surface area contributed by atoms with Crippen LogP contribution in [0.4, 0.5) is 5.69 Å². The fourth-order valence-electron chi connectivity index (χ4n) is 2.10. The van der Waals surface area contributed by atoms with Gasteiger partial charge in [-0.15, -0.1) is 0 Å². The third-order valence-corrected chi connectivity index (χ3v) is 3.34. The zero-order valence-corrected chi connectivity index (χ0v) is 12.7. The van der Waals surface area contributed by atoms with Crippen LogP contribution >= 0.6 is 0 Å². The van der Waals surface area contributed by atoms with Crippen LogP contribution in [0.5, 0.6) is 0 Å². The van der Waals surface area contributed by atoms with Gasteiger partial charge in [0.2, 0.25) is 0 Å². The number of nitrogens with one attached hydrogen (secondary N) is 1. The SMILES string of the molecule is COCc1ccc(C(=O)Nc2cccc(C(C)C)c2)cc1. The predicted molar refractivity (Wildman–Crippen MR) is 85.6 cm³/mol. The summed E-state index contributed by atoms with van der Waals surface area (Å²) in [6.07, 6.45) is 0. The fraction of sp³-hybridized carbons (Fsp3) is 0.278. The number of carbonyl (C=O) groups excluding carboxylic acids is 1. The maximum atomic E-state index is 12.2. The number of anilines is 1. The Bertz CT molecular complexity index is 603. The van der Waals surface area contributed by atoms with Crippen molar-refractivity contribution in [2.45, 2.75) is 26.4 Å². The molecule has 21 heavy (non-hydrogen) atoms. The largest absolute Gasteiger partial charge is 0.380 e. The lowest BCUT2D eigenvalue weighted by molar-refractivity contribution is 0.102. The van der Waals surface area contributed by atoms with E-state index in [2.05, 4.69) is 25.2 Å². The molecule has 0 atom stereocenters. The van der Waals surface area contributed by atoms with Crippen LogP contribution in [-0.2, 0) is 11.3 Å². The van der Waals surface area contributed by atoms with Gasteiger partial charge in [-0.2, -0.15) is 0 Å². The summed E-state index contributed by atoms with van der Waals surface area (Å²) in [5, 5.41) is 2.93. The first-order valence-electron chi connectivity index (χ1n) is 7.09. The number of hydrogen-bond acceptors (Lipinski definition) is 2. The first kappa shape index (κ1) is 15.3. The van der Waals surface area contributed by atoms with Gasteiger partial charge in [-0.3, -0.25) is 4.79 Å². The molecule has 1 N–H and O–H groups in total. The number of ether oxygens (including phenoxy) is 1. The number of benzene rings is 2. The minimum absolute atomic E-state index is 0.0973. The molecule has 110 valence electrons. The van der Waals surface area contributed by atoms with E-state index in [1.54, 1.807) is 7.11 Å². The van der Waals surface area contributed by atoms with Crippen molar-refractivity contribution in [3.05, 3.63) is 65.2 Å². The Labute approximate surface area is 126 Å². The zero-order valence-electron chi connectivity index (χ0n) is 12.7. The van der Waals surface area contributed by atoms with Crippen LogP contribution in [0.25, 0.3) is 0 Å². The zero-order chi connectivity index (χ0) is 15.2. The van der Waals surface area contributed by atoms with Crippen LogP contribution in [0.3, 0.4) is 0 Å². The summed E-state index contributed by atoms with van der Waals surface area (Å²) < 4.78 is 5.06. The summed E-state index contributed by atoms with van der Waals surface area (Å²) in [5.41, 5.74) is 3.73. The Balaban J connectivity index is 2.08. The summed E-state index contributed by atoms with van der Waals surface area (Å²) in [6.45, 7) is 4.82. The van der Waals surface area contributed by atoms with Crippen molar-refractivity contribution >= 4 is 11.6 Å². The van der Waals surface area contributed by atoms with Gasteiger partial charge in [0.25, 0.3) is 5.91 Å². The Morgan fingerprint density at radius 1 is 1.14 bits per heavy atom. The maximum absolute atomic E-state index is 12.2. The predicted octanol–water partition coefficient (Wildman–Crippen LogP) is 4.21. The van der Waals surface area contributed by atoms with Crippen molar-refractivity contribution in [2.75, 3.05) is 12.4 Å². The van der Waals surface area contributed by atoms with Crippen molar-refractivity contribution in [3.8, 4) is 0 Å². The molecule has 0 saturated heterocycles. The summed E-state index contributed by atoms with van der Waals surface area (Å²) >= 11 is 0. The molecule has 3 heteroatoms. The van der Waals surface area contributed by atoms with E-state index in [9.17, 15) is 4.79 Å². The molecule has 3 nitrogen and oxygen atoms in total. The van der Waals surface area contributed by atoms with E-state index in [1.807, 2.05) is 42.5 Å². The highest BCUT2D eigenvalue weighted by Gasteiger charge is 2.07. The second-order valence-electron chi connectivity index (χ2n) is 5.36. The van der Waals surface area contributed by atoms with E-state index in [4.69, 9.17) is 4.74 Å². The van der Waals surface area contributed by atoms with E-state index in [0.717, 1.165) is 11.3 Å². The van der Waals surface area contributed by atoms with Gasteiger partial charge >= 0.3 is 0 Å². The molecule has 2 aromatic carbocycles. The average Bonchev–Trinajstić information content (AvgIpc) is 2.48. The minimum Gasteiger partial charge on any atom is -0.380 e. The van der Waals surface area contributed by atoms with Crippen LogP contribution < -0.4 is 5.32 Å². The molecule has 1 amide bonds. The van der Waals surface area contributed by atoms with Crippen LogP contribution in [0.15, 0.2) is 48.5 Å². The topological polar surface area (TPSA) is 38.3 Å². The molecule has 2 rings (SSSR count). The Morgan fingerprint density at radius 3 is 2.48 bits per heavy atom. The number of methoxy groups -OCH3 is 1. The van der Waals surface area contributed by atoms with E-state index in [0.29, 0.717) is 18.1 Å². The third-order valence-electron chi connectivity index (χ3n) is 3.34. The van der Waals surface area contributed by atoms with Gasteiger partial charge in [-0.25, -0.2) is 0 Å². The van der Waals surface area contributed by atoms with Gasteiger partial charge < -0.3 is 10.1 Å². The first-order chi connectivity index (χ1) is 10.1. The normalized spacial score (nSPS) is 10.7. The number of carbonyl (C=O) groups is 1. The van der Waals surface area contributed by atoms with E-state index < -0.39 is 0 Å². The van der Waals surface area contributed by atoms with E-state index in [-0.39, 0.29) is 5.91 Å². The van der Waals surface area contributed by atoms with Crippen molar-refractivity contribution in [3.63, 3.8) is 0 Å². The Kier molecular flexibility index (Phi) is 5.12. The monoisotopic (exact) mass is 283 g/mol. The molecule has 0 saturated carbocycles. The highest BCUT2D eigenvalue weighted by Crippen LogP contribution is 2.19. The van der Waals surface area contributed by atoms with Gasteiger partial charge in [0.1, 0.15) is 0 Å². The average molecular weight is 283 g/mol. The van der Waals surface area contributed by atoms with Crippen LogP contribution in [0.2, 0.25) is 0 Å². The quantitative estimate of drug-likeness (QED) is 0.892. The molecule has 2 aromatic rings. The molecule has 0 aromatic heterocycles. The third kappa shape index (κ3) is 4.17. The molecule has 0 spiro atoms. The van der Waals surface area contributed by atoms with Crippen molar-refractivity contribution in [1.29, 1.82) is 0 Å². The molecule has 0 aliphatic carbocycles. The minimum atomic E-state index is -0.0973. The van der Waals surface area contributed by atoms with Crippen LogP contribution in [0, 0.1) is 0 Å².